The summed E-state index contributed by atoms with van der Waals surface area (Å²) in [5, 5.41) is 3.45. The number of nitrogens with one attached hydrogen (secondary N) is 1. The molecule has 2 rings (SSSR count). The predicted molar refractivity (Wildman–Crippen MR) is 86.8 cm³/mol. The van der Waals surface area contributed by atoms with E-state index in [1.807, 2.05) is 36.4 Å². The number of benzene rings is 1. The Hall–Kier alpha value is -1.81. The van der Waals surface area contributed by atoms with E-state index < -0.39 is 0 Å². The first-order valence-corrected chi connectivity index (χ1v) is 7.90. The molecular formula is C18H25NO3. The van der Waals surface area contributed by atoms with Crippen molar-refractivity contribution in [3.63, 3.8) is 0 Å². The summed E-state index contributed by atoms with van der Waals surface area (Å²) in [6, 6.07) is 9.68. The Kier molecular flexibility index (Phi) is 6.46. The van der Waals surface area contributed by atoms with Gasteiger partial charge >= 0.3 is 5.97 Å². The number of piperidine rings is 1. The van der Waals surface area contributed by atoms with Gasteiger partial charge < -0.3 is 14.8 Å². The van der Waals surface area contributed by atoms with Crippen LogP contribution in [0.15, 0.2) is 43.0 Å². The summed E-state index contributed by atoms with van der Waals surface area (Å²) in [5.74, 6) is 0.725. The number of allylic oxidation sites excluding steroid dienone is 1. The molecule has 0 radical (unpaired) electrons. The minimum atomic E-state index is -0.299. The van der Waals surface area contributed by atoms with Gasteiger partial charge in [-0.3, -0.25) is 0 Å². The zero-order chi connectivity index (χ0) is 15.8. The van der Waals surface area contributed by atoms with Crippen LogP contribution in [0.5, 0.6) is 5.75 Å². The van der Waals surface area contributed by atoms with E-state index in [1.165, 1.54) is 0 Å². The Bertz CT molecular complexity index is 474. The molecule has 0 spiro atoms. The predicted octanol–water partition coefficient (Wildman–Crippen LogP) is 2.94. The van der Waals surface area contributed by atoms with Crippen LogP contribution < -0.4 is 10.1 Å². The molecule has 0 aliphatic carbocycles. The molecule has 0 saturated carbocycles. The van der Waals surface area contributed by atoms with Crippen molar-refractivity contribution in [1.82, 2.24) is 5.32 Å². The van der Waals surface area contributed by atoms with Crippen LogP contribution in [0, 0.1) is 5.92 Å². The Balaban J connectivity index is 1.82. The quantitative estimate of drug-likeness (QED) is 0.621. The number of hydrogen-bond acceptors (Lipinski definition) is 4. The van der Waals surface area contributed by atoms with Gasteiger partial charge in [-0.2, -0.15) is 0 Å². The average Bonchev–Trinajstić information content (AvgIpc) is 2.53. The van der Waals surface area contributed by atoms with Crippen LogP contribution in [0.1, 0.15) is 26.2 Å². The summed E-state index contributed by atoms with van der Waals surface area (Å²) in [6.45, 7) is 6.71. The number of para-hydroxylation sites is 1. The van der Waals surface area contributed by atoms with Crippen molar-refractivity contribution >= 4 is 5.97 Å². The zero-order valence-electron chi connectivity index (χ0n) is 13.2. The molecule has 4 nitrogen and oxygen atoms in total. The smallest absolute Gasteiger partial charge is 0.344 e. The molecule has 3 unspecified atom stereocenters. The summed E-state index contributed by atoms with van der Waals surface area (Å²) in [5.41, 5.74) is 0. The van der Waals surface area contributed by atoms with Crippen molar-refractivity contribution in [2.75, 3.05) is 13.2 Å². The van der Waals surface area contributed by atoms with Crippen molar-refractivity contribution in [3.8, 4) is 5.75 Å². The SMILES string of the molecule is C=CCCC1CNC(C)CC1OC(=O)COc1ccccc1. The maximum absolute atomic E-state index is 12.0. The first kappa shape index (κ1) is 16.6. The largest absolute Gasteiger partial charge is 0.482 e. The second-order valence-corrected chi connectivity index (χ2v) is 5.80. The molecule has 1 aromatic rings. The van der Waals surface area contributed by atoms with Crippen LogP contribution >= 0.6 is 0 Å². The number of rotatable bonds is 7. The summed E-state index contributed by atoms with van der Waals surface area (Å²) >= 11 is 0. The van der Waals surface area contributed by atoms with E-state index in [0.717, 1.165) is 25.8 Å². The lowest BCUT2D eigenvalue weighted by Crippen LogP contribution is -2.47. The maximum Gasteiger partial charge on any atom is 0.344 e. The number of carbonyl (C=O) groups is 1. The van der Waals surface area contributed by atoms with Crippen LogP contribution in [-0.4, -0.2) is 31.3 Å². The molecule has 1 fully saturated rings. The van der Waals surface area contributed by atoms with Gasteiger partial charge in [-0.25, -0.2) is 4.79 Å². The van der Waals surface area contributed by atoms with E-state index >= 15 is 0 Å². The topological polar surface area (TPSA) is 47.6 Å². The second-order valence-electron chi connectivity index (χ2n) is 5.80. The van der Waals surface area contributed by atoms with Crippen LogP contribution in [0.25, 0.3) is 0 Å². The maximum atomic E-state index is 12.0. The van der Waals surface area contributed by atoms with E-state index in [2.05, 4.69) is 18.8 Å². The van der Waals surface area contributed by atoms with Gasteiger partial charge in [-0.15, -0.1) is 6.58 Å². The van der Waals surface area contributed by atoms with Gasteiger partial charge in [0, 0.05) is 18.5 Å². The Morgan fingerprint density at radius 3 is 2.91 bits per heavy atom. The van der Waals surface area contributed by atoms with Gasteiger partial charge in [0.05, 0.1) is 0 Å². The third-order valence-electron chi connectivity index (χ3n) is 3.96. The fourth-order valence-electron chi connectivity index (χ4n) is 2.73. The van der Waals surface area contributed by atoms with Crippen LogP contribution in [0.2, 0.25) is 0 Å². The second kappa shape index (κ2) is 8.59. The van der Waals surface area contributed by atoms with Crippen molar-refractivity contribution in [2.45, 2.75) is 38.3 Å². The Labute approximate surface area is 132 Å². The molecule has 1 heterocycles. The highest BCUT2D eigenvalue weighted by molar-refractivity contribution is 5.71. The minimum absolute atomic E-state index is 0.0388. The first-order chi connectivity index (χ1) is 10.7. The molecule has 120 valence electrons. The lowest BCUT2D eigenvalue weighted by molar-refractivity contribution is -0.156. The Morgan fingerprint density at radius 2 is 2.18 bits per heavy atom. The van der Waals surface area contributed by atoms with Crippen LogP contribution in [0.4, 0.5) is 0 Å². The van der Waals surface area contributed by atoms with Crippen molar-refractivity contribution in [3.05, 3.63) is 43.0 Å². The molecule has 1 aliphatic rings. The average molecular weight is 303 g/mol. The van der Waals surface area contributed by atoms with E-state index in [9.17, 15) is 4.79 Å². The molecule has 0 aromatic heterocycles. The highest BCUT2D eigenvalue weighted by atomic mass is 16.6. The van der Waals surface area contributed by atoms with E-state index in [4.69, 9.17) is 9.47 Å². The molecule has 1 N–H and O–H groups in total. The molecule has 1 aromatic carbocycles. The minimum Gasteiger partial charge on any atom is -0.482 e. The van der Waals surface area contributed by atoms with Crippen LogP contribution in [-0.2, 0) is 9.53 Å². The summed E-state index contributed by atoms with van der Waals surface area (Å²) in [6.07, 6.45) is 4.65. The van der Waals surface area contributed by atoms with Gasteiger partial charge in [0.25, 0.3) is 0 Å². The Morgan fingerprint density at radius 1 is 1.41 bits per heavy atom. The van der Waals surface area contributed by atoms with Crippen molar-refractivity contribution < 1.29 is 14.3 Å². The molecule has 0 amide bonds. The lowest BCUT2D eigenvalue weighted by Gasteiger charge is -2.35. The third kappa shape index (κ3) is 5.19. The van der Waals surface area contributed by atoms with Gasteiger partial charge in [-0.1, -0.05) is 24.3 Å². The van der Waals surface area contributed by atoms with Gasteiger partial charge in [0.2, 0.25) is 0 Å². The molecule has 3 atom stereocenters. The summed E-state index contributed by atoms with van der Waals surface area (Å²) < 4.78 is 11.1. The van der Waals surface area contributed by atoms with Crippen molar-refractivity contribution in [1.29, 1.82) is 0 Å². The van der Waals surface area contributed by atoms with Gasteiger partial charge in [0.15, 0.2) is 6.61 Å². The zero-order valence-corrected chi connectivity index (χ0v) is 13.2. The first-order valence-electron chi connectivity index (χ1n) is 7.90. The molecule has 4 heteroatoms. The van der Waals surface area contributed by atoms with Crippen molar-refractivity contribution in [2.24, 2.45) is 5.92 Å². The highest BCUT2D eigenvalue weighted by Gasteiger charge is 2.30. The number of hydrogen-bond donors (Lipinski definition) is 1. The molecule has 22 heavy (non-hydrogen) atoms. The van der Waals surface area contributed by atoms with Gasteiger partial charge in [-0.05, 0) is 38.3 Å². The molecular weight excluding hydrogens is 278 g/mol. The normalized spacial score (nSPS) is 24.5. The molecule has 0 bridgehead atoms. The molecule has 1 saturated heterocycles. The van der Waals surface area contributed by atoms with E-state index in [-0.39, 0.29) is 18.7 Å². The number of esters is 1. The third-order valence-corrected chi connectivity index (χ3v) is 3.96. The summed E-state index contributed by atoms with van der Waals surface area (Å²) in [4.78, 5) is 12.0. The standard InChI is InChI=1S/C18H25NO3/c1-3-4-8-15-12-19-14(2)11-17(15)22-18(20)13-21-16-9-6-5-7-10-16/h3,5-7,9-10,14-15,17,19H,1,4,8,11-13H2,2H3. The highest BCUT2D eigenvalue weighted by Crippen LogP contribution is 2.23. The fourth-order valence-corrected chi connectivity index (χ4v) is 2.73. The fraction of sp³-hybridized carbons (Fsp3) is 0.500. The monoisotopic (exact) mass is 303 g/mol. The molecule has 1 aliphatic heterocycles. The van der Waals surface area contributed by atoms with Gasteiger partial charge in [0.1, 0.15) is 11.9 Å². The van der Waals surface area contributed by atoms with E-state index in [0.29, 0.717) is 17.7 Å². The number of carbonyl (C=O) groups excluding carboxylic acids is 1. The summed E-state index contributed by atoms with van der Waals surface area (Å²) in [7, 11) is 0. The lowest BCUT2D eigenvalue weighted by atomic mass is 9.88. The number of ether oxygens (including phenoxy) is 2. The van der Waals surface area contributed by atoms with Crippen LogP contribution in [0.3, 0.4) is 0 Å². The van der Waals surface area contributed by atoms with E-state index in [1.54, 1.807) is 0 Å².